The predicted molar refractivity (Wildman–Crippen MR) is 66.0 cm³/mol. The summed E-state index contributed by atoms with van der Waals surface area (Å²) in [4.78, 5) is 0. The van der Waals surface area contributed by atoms with E-state index in [0.717, 1.165) is 11.8 Å². The predicted octanol–water partition coefficient (Wildman–Crippen LogP) is 2.55. The fraction of sp³-hybridized carbons (Fsp3) is 0.308. The Bertz CT molecular complexity index is 561. The molecule has 0 radical (unpaired) electrons. The van der Waals surface area contributed by atoms with Crippen LogP contribution < -0.4 is 5.73 Å². The monoisotopic (exact) mass is 251 g/mol. The highest BCUT2D eigenvalue weighted by atomic mass is 19.1. The molecule has 1 atom stereocenters. The normalized spacial score (nSPS) is 12.7. The van der Waals surface area contributed by atoms with Gasteiger partial charge >= 0.3 is 0 Å². The summed E-state index contributed by atoms with van der Waals surface area (Å²) in [6.45, 7) is 3.39. The second-order valence-corrected chi connectivity index (χ2v) is 4.54. The first-order valence-electron chi connectivity index (χ1n) is 5.73. The van der Waals surface area contributed by atoms with Crippen molar-refractivity contribution in [3.05, 3.63) is 41.1 Å². The Hall–Kier alpha value is -1.75. The summed E-state index contributed by atoms with van der Waals surface area (Å²) >= 11 is 0. The van der Waals surface area contributed by atoms with E-state index < -0.39 is 11.6 Å². The second-order valence-electron chi connectivity index (χ2n) is 4.54. The molecule has 0 spiro atoms. The molecule has 1 aromatic carbocycles. The Labute approximate surface area is 104 Å². The van der Waals surface area contributed by atoms with E-state index in [4.69, 9.17) is 5.73 Å². The number of nitrogens with one attached hydrogen (secondary N) is 1. The molecule has 0 bridgehead atoms. The smallest absolute Gasteiger partial charge is 0.133 e. The van der Waals surface area contributed by atoms with Gasteiger partial charge in [0.15, 0.2) is 0 Å². The van der Waals surface area contributed by atoms with Gasteiger partial charge in [0.05, 0.1) is 5.69 Å². The lowest BCUT2D eigenvalue weighted by molar-refractivity contribution is 0.594. The van der Waals surface area contributed by atoms with Gasteiger partial charge in [0.25, 0.3) is 0 Å². The topological polar surface area (TPSA) is 54.7 Å². The summed E-state index contributed by atoms with van der Waals surface area (Å²) in [7, 11) is 0. The van der Waals surface area contributed by atoms with E-state index in [9.17, 15) is 8.78 Å². The van der Waals surface area contributed by atoms with Crippen molar-refractivity contribution in [3.8, 4) is 11.3 Å². The first kappa shape index (κ1) is 12.7. The summed E-state index contributed by atoms with van der Waals surface area (Å²) < 4.78 is 27.2. The molecule has 5 heteroatoms. The third-order valence-corrected chi connectivity index (χ3v) is 2.70. The number of H-pyrrole nitrogens is 1. The third kappa shape index (κ3) is 2.56. The molecule has 2 aromatic rings. The lowest BCUT2D eigenvalue weighted by Crippen LogP contribution is -2.17. The van der Waals surface area contributed by atoms with E-state index in [2.05, 4.69) is 10.2 Å². The van der Waals surface area contributed by atoms with Gasteiger partial charge in [0, 0.05) is 23.7 Å². The molecule has 1 unspecified atom stereocenters. The minimum atomic E-state index is -0.479. The summed E-state index contributed by atoms with van der Waals surface area (Å²) in [5.74, 6) is -0.920. The number of nitrogens with two attached hydrogens (primary N) is 1. The largest absolute Gasteiger partial charge is 0.328 e. The van der Waals surface area contributed by atoms with E-state index in [1.165, 1.54) is 13.0 Å². The maximum Gasteiger partial charge on any atom is 0.133 e. The molecule has 0 saturated carbocycles. The number of aromatic nitrogens is 2. The van der Waals surface area contributed by atoms with Crippen LogP contribution in [0, 0.1) is 18.6 Å². The van der Waals surface area contributed by atoms with Crippen LogP contribution in [0.25, 0.3) is 11.3 Å². The van der Waals surface area contributed by atoms with Crippen LogP contribution in [0.4, 0.5) is 8.78 Å². The molecule has 2 rings (SSSR count). The molecule has 3 N–H and O–H groups in total. The van der Waals surface area contributed by atoms with Crippen LogP contribution >= 0.6 is 0 Å². The van der Waals surface area contributed by atoms with Gasteiger partial charge in [-0.2, -0.15) is 5.10 Å². The summed E-state index contributed by atoms with van der Waals surface area (Å²) in [6, 6.07) is 4.01. The van der Waals surface area contributed by atoms with Crippen molar-refractivity contribution in [2.24, 2.45) is 5.73 Å². The molecule has 96 valence electrons. The zero-order valence-electron chi connectivity index (χ0n) is 10.3. The van der Waals surface area contributed by atoms with Crippen LogP contribution in [0.15, 0.2) is 18.2 Å². The fourth-order valence-electron chi connectivity index (χ4n) is 1.79. The van der Waals surface area contributed by atoms with Crippen molar-refractivity contribution in [3.63, 3.8) is 0 Å². The molecular formula is C13H15F2N3. The molecular weight excluding hydrogens is 236 g/mol. The Morgan fingerprint density at radius 2 is 2.00 bits per heavy atom. The van der Waals surface area contributed by atoms with Crippen molar-refractivity contribution in [2.75, 3.05) is 0 Å². The Kier molecular flexibility index (Phi) is 3.43. The lowest BCUT2D eigenvalue weighted by Gasteiger charge is -2.02. The van der Waals surface area contributed by atoms with Crippen LogP contribution in [0.3, 0.4) is 0 Å². The number of aryl methyl sites for hydroxylation is 1. The Morgan fingerprint density at radius 3 is 2.67 bits per heavy atom. The lowest BCUT2D eigenvalue weighted by atomic mass is 10.1. The third-order valence-electron chi connectivity index (χ3n) is 2.70. The van der Waals surface area contributed by atoms with Crippen molar-refractivity contribution < 1.29 is 8.78 Å². The number of halogens is 2. The molecule has 0 aliphatic carbocycles. The molecule has 1 heterocycles. The van der Waals surface area contributed by atoms with E-state index in [1.807, 2.05) is 6.92 Å². The van der Waals surface area contributed by atoms with E-state index in [0.29, 0.717) is 12.1 Å². The maximum atomic E-state index is 13.7. The number of benzene rings is 1. The highest BCUT2D eigenvalue weighted by Gasteiger charge is 2.12. The molecule has 0 saturated heterocycles. The zero-order valence-corrected chi connectivity index (χ0v) is 10.3. The molecule has 0 aliphatic heterocycles. The minimum absolute atomic E-state index is 0.0158. The Morgan fingerprint density at radius 1 is 1.28 bits per heavy atom. The van der Waals surface area contributed by atoms with Gasteiger partial charge in [-0.25, -0.2) is 8.78 Å². The van der Waals surface area contributed by atoms with Crippen molar-refractivity contribution >= 4 is 0 Å². The van der Waals surface area contributed by atoms with Gasteiger partial charge in [0.1, 0.15) is 11.6 Å². The summed E-state index contributed by atoms with van der Waals surface area (Å²) in [5.41, 5.74) is 7.30. The van der Waals surface area contributed by atoms with Crippen molar-refractivity contribution in [1.82, 2.24) is 10.2 Å². The van der Waals surface area contributed by atoms with Crippen molar-refractivity contribution in [1.29, 1.82) is 0 Å². The summed E-state index contributed by atoms with van der Waals surface area (Å²) in [5, 5.41) is 6.76. The quantitative estimate of drug-likeness (QED) is 0.880. The number of rotatable bonds is 3. The summed E-state index contributed by atoms with van der Waals surface area (Å²) in [6.07, 6.45) is 0.614. The SMILES string of the molecule is Cc1cc(F)c(-c2cc(CC(C)N)[nH]n2)cc1F. The fourth-order valence-corrected chi connectivity index (χ4v) is 1.79. The average Bonchev–Trinajstić information content (AvgIpc) is 2.70. The number of aromatic amines is 1. The van der Waals surface area contributed by atoms with E-state index >= 15 is 0 Å². The molecule has 0 amide bonds. The zero-order chi connectivity index (χ0) is 13.3. The number of hydrogen-bond donors (Lipinski definition) is 2. The van der Waals surface area contributed by atoms with Crippen LogP contribution in [-0.2, 0) is 6.42 Å². The van der Waals surface area contributed by atoms with Crippen LogP contribution in [0.1, 0.15) is 18.2 Å². The van der Waals surface area contributed by atoms with Crippen molar-refractivity contribution in [2.45, 2.75) is 26.3 Å². The minimum Gasteiger partial charge on any atom is -0.328 e. The van der Waals surface area contributed by atoms with Gasteiger partial charge in [-0.05, 0) is 37.6 Å². The molecule has 18 heavy (non-hydrogen) atoms. The number of nitrogens with zero attached hydrogens (tertiary/aromatic N) is 1. The van der Waals surface area contributed by atoms with Crippen LogP contribution in [-0.4, -0.2) is 16.2 Å². The molecule has 3 nitrogen and oxygen atoms in total. The first-order chi connectivity index (χ1) is 8.47. The van der Waals surface area contributed by atoms with Gasteiger partial charge in [-0.1, -0.05) is 0 Å². The van der Waals surface area contributed by atoms with Gasteiger partial charge < -0.3 is 5.73 Å². The first-order valence-corrected chi connectivity index (χ1v) is 5.73. The number of hydrogen-bond acceptors (Lipinski definition) is 2. The molecule has 1 aromatic heterocycles. The van der Waals surface area contributed by atoms with E-state index in [1.54, 1.807) is 6.07 Å². The Balaban J connectivity index is 2.37. The van der Waals surface area contributed by atoms with Crippen LogP contribution in [0.2, 0.25) is 0 Å². The maximum absolute atomic E-state index is 13.7. The standard InChI is InChI=1S/C13H15F2N3/c1-7-3-12(15)10(6-11(7)14)13-5-9(17-18-13)4-8(2)16/h3,5-6,8H,4,16H2,1-2H3,(H,17,18). The van der Waals surface area contributed by atoms with Gasteiger partial charge in [-0.3, -0.25) is 5.10 Å². The van der Waals surface area contributed by atoms with E-state index in [-0.39, 0.29) is 17.2 Å². The average molecular weight is 251 g/mol. The molecule has 0 aliphatic rings. The highest BCUT2D eigenvalue weighted by Crippen LogP contribution is 2.24. The van der Waals surface area contributed by atoms with Crippen LogP contribution in [0.5, 0.6) is 0 Å². The second kappa shape index (κ2) is 4.86. The highest BCUT2D eigenvalue weighted by molar-refractivity contribution is 5.60. The molecule has 0 fully saturated rings. The van der Waals surface area contributed by atoms with Gasteiger partial charge in [-0.15, -0.1) is 0 Å². The van der Waals surface area contributed by atoms with Gasteiger partial charge in [0.2, 0.25) is 0 Å².